The maximum atomic E-state index is 11.5. The first-order valence-electron chi connectivity index (χ1n) is 5.73. The van der Waals surface area contributed by atoms with E-state index in [4.69, 9.17) is 5.73 Å². The molecule has 0 spiro atoms. The minimum Gasteiger partial charge on any atom is -0.370 e. The van der Waals surface area contributed by atoms with Gasteiger partial charge in [-0.2, -0.15) is 0 Å². The molecule has 1 aromatic rings. The van der Waals surface area contributed by atoms with Crippen LogP contribution in [0, 0.1) is 0 Å². The number of halogens is 1. The number of nitrogens with zero attached hydrogens (tertiary/aromatic N) is 1. The lowest BCUT2D eigenvalue weighted by Crippen LogP contribution is -2.30. The van der Waals surface area contributed by atoms with E-state index in [1.165, 1.54) is 0 Å². The maximum absolute atomic E-state index is 11.5. The summed E-state index contributed by atoms with van der Waals surface area (Å²) in [5.41, 5.74) is 6.95. The lowest BCUT2D eigenvalue weighted by atomic mass is 10.1. The summed E-state index contributed by atoms with van der Waals surface area (Å²) in [5, 5.41) is 3.34. The normalized spacial score (nSPS) is 16.6. The van der Waals surface area contributed by atoms with Gasteiger partial charge in [0.1, 0.15) is 0 Å². The standard InChI is InChI=1S/C12H16BrN3O/c13-9-2-3-11(10(8-9)12(14)17)16-6-1-4-15-5-7-16/h2-3,8,15H,1,4-7H2,(H2,14,17). The number of primary amides is 1. The van der Waals surface area contributed by atoms with Gasteiger partial charge >= 0.3 is 0 Å². The zero-order valence-corrected chi connectivity index (χ0v) is 11.2. The summed E-state index contributed by atoms with van der Waals surface area (Å²) in [6, 6.07) is 5.69. The van der Waals surface area contributed by atoms with Crippen molar-refractivity contribution in [3.05, 3.63) is 28.2 Å². The summed E-state index contributed by atoms with van der Waals surface area (Å²) in [6.45, 7) is 3.82. The van der Waals surface area contributed by atoms with E-state index in [-0.39, 0.29) is 5.91 Å². The molecule has 5 heteroatoms. The fourth-order valence-electron chi connectivity index (χ4n) is 2.07. The predicted octanol–water partition coefficient (Wildman–Crippen LogP) is 1.35. The smallest absolute Gasteiger partial charge is 0.250 e. The van der Waals surface area contributed by atoms with Gasteiger partial charge in [0.25, 0.3) is 5.91 Å². The first-order valence-corrected chi connectivity index (χ1v) is 6.53. The number of hydrogen-bond donors (Lipinski definition) is 2. The summed E-state index contributed by atoms with van der Waals surface area (Å²) >= 11 is 3.37. The molecule has 2 rings (SSSR count). The van der Waals surface area contributed by atoms with Gasteiger partial charge in [0.15, 0.2) is 0 Å². The van der Waals surface area contributed by atoms with Gasteiger partial charge in [0, 0.05) is 29.8 Å². The van der Waals surface area contributed by atoms with Crippen molar-refractivity contribution in [1.82, 2.24) is 5.32 Å². The number of carbonyl (C=O) groups is 1. The van der Waals surface area contributed by atoms with Gasteiger partial charge in [-0.05, 0) is 31.2 Å². The summed E-state index contributed by atoms with van der Waals surface area (Å²) in [6.07, 6.45) is 1.08. The van der Waals surface area contributed by atoms with Crippen LogP contribution in [-0.4, -0.2) is 32.1 Å². The minimum absolute atomic E-state index is 0.376. The number of nitrogens with two attached hydrogens (primary N) is 1. The van der Waals surface area contributed by atoms with Gasteiger partial charge in [-0.1, -0.05) is 15.9 Å². The molecule has 0 aliphatic carbocycles. The first kappa shape index (κ1) is 12.4. The lowest BCUT2D eigenvalue weighted by Gasteiger charge is -2.24. The summed E-state index contributed by atoms with van der Waals surface area (Å²) in [4.78, 5) is 13.7. The number of carbonyl (C=O) groups excluding carboxylic acids is 1. The molecule has 0 aromatic heterocycles. The van der Waals surface area contributed by atoms with Crippen molar-refractivity contribution < 1.29 is 4.79 Å². The Morgan fingerprint density at radius 3 is 2.94 bits per heavy atom. The molecule has 17 heavy (non-hydrogen) atoms. The van der Waals surface area contributed by atoms with Crippen LogP contribution in [0.3, 0.4) is 0 Å². The average Bonchev–Trinajstić information content (AvgIpc) is 2.57. The highest BCUT2D eigenvalue weighted by molar-refractivity contribution is 9.10. The number of amides is 1. The summed E-state index contributed by atoms with van der Waals surface area (Å²) < 4.78 is 0.878. The number of nitrogens with one attached hydrogen (secondary N) is 1. The highest BCUT2D eigenvalue weighted by Crippen LogP contribution is 2.24. The molecule has 1 saturated heterocycles. The number of rotatable bonds is 2. The predicted molar refractivity (Wildman–Crippen MR) is 72.4 cm³/mol. The van der Waals surface area contributed by atoms with E-state index in [2.05, 4.69) is 26.1 Å². The molecular formula is C12H16BrN3O. The molecular weight excluding hydrogens is 282 g/mol. The Kier molecular flexibility index (Phi) is 4.02. The quantitative estimate of drug-likeness (QED) is 0.866. The zero-order chi connectivity index (χ0) is 12.3. The number of anilines is 1. The van der Waals surface area contributed by atoms with Gasteiger partial charge in [-0.15, -0.1) is 0 Å². The van der Waals surface area contributed by atoms with Crippen LogP contribution >= 0.6 is 15.9 Å². The van der Waals surface area contributed by atoms with Gasteiger partial charge in [0.2, 0.25) is 0 Å². The molecule has 0 radical (unpaired) electrons. The lowest BCUT2D eigenvalue weighted by molar-refractivity contribution is 0.100. The van der Waals surface area contributed by atoms with Gasteiger partial charge in [-0.3, -0.25) is 4.79 Å². The van der Waals surface area contributed by atoms with E-state index in [1.54, 1.807) is 6.07 Å². The van der Waals surface area contributed by atoms with Crippen LogP contribution in [0.4, 0.5) is 5.69 Å². The zero-order valence-electron chi connectivity index (χ0n) is 9.58. The van der Waals surface area contributed by atoms with Crippen LogP contribution in [0.2, 0.25) is 0 Å². The van der Waals surface area contributed by atoms with Crippen LogP contribution in [0.1, 0.15) is 16.8 Å². The van der Waals surface area contributed by atoms with Crippen LogP contribution in [0.15, 0.2) is 22.7 Å². The van der Waals surface area contributed by atoms with Gasteiger partial charge < -0.3 is 16.0 Å². The second kappa shape index (κ2) is 5.51. The van der Waals surface area contributed by atoms with Crippen molar-refractivity contribution in [1.29, 1.82) is 0 Å². The van der Waals surface area contributed by atoms with Crippen LogP contribution < -0.4 is 16.0 Å². The first-order chi connectivity index (χ1) is 8.18. The van der Waals surface area contributed by atoms with Gasteiger partial charge in [-0.25, -0.2) is 0 Å². The number of hydrogen-bond acceptors (Lipinski definition) is 3. The average molecular weight is 298 g/mol. The molecule has 3 N–H and O–H groups in total. The Hall–Kier alpha value is -1.07. The van der Waals surface area contributed by atoms with Gasteiger partial charge in [0.05, 0.1) is 5.56 Å². The molecule has 1 heterocycles. The minimum atomic E-state index is -0.376. The maximum Gasteiger partial charge on any atom is 0.250 e. The molecule has 92 valence electrons. The third-order valence-corrected chi connectivity index (χ3v) is 3.40. The Labute approximate surface area is 109 Å². The molecule has 1 amide bonds. The monoisotopic (exact) mass is 297 g/mol. The van der Waals surface area contributed by atoms with E-state index >= 15 is 0 Å². The van der Waals surface area contributed by atoms with E-state index in [0.717, 1.165) is 42.8 Å². The third kappa shape index (κ3) is 2.98. The van der Waals surface area contributed by atoms with E-state index < -0.39 is 0 Å². The molecule has 0 atom stereocenters. The van der Waals surface area contributed by atoms with E-state index in [1.807, 2.05) is 12.1 Å². The molecule has 1 aliphatic rings. The highest BCUT2D eigenvalue weighted by atomic mass is 79.9. The molecule has 4 nitrogen and oxygen atoms in total. The summed E-state index contributed by atoms with van der Waals surface area (Å²) in [5.74, 6) is -0.376. The van der Waals surface area contributed by atoms with Crippen LogP contribution in [-0.2, 0) is 0 Å². The Morgan fingerprint density at radius 1 is 1.35 bits per heavy atom. The molecule has 1 fully saturated rings. The molecule has 0 unspecified atom stereocenters. The molecule has 1 aliphatic heterocycles. The molecule has 0 bridgehead atoms. The van der Waals surface area contributed by atoms with Crippen molar-refractivity contribution in [3.8, 4) is 0 Å². The highest BCUT2D eigenvalue weighted by Gasteiger charge is 2.16. The third-order valence-electron chi connectivity index (χ3n) is 2.90. The topological polar surface area (TPSA) is 58.4 Å². The molecule has 1 aromatic carbocycles. The van der Waals surface area contributed by atoms with E-state index in [0.29, 0.717) is 5.56 Å². The Bertz CT molecular complexity index is 414. The fourth-order valence-corrected chi connectivity index (χ4v) is 2.43. The second-order valence-electron chi connectivity index (χ2n) is 4.12. The Morgan fingerprint density at radius 2 is 2.18 bits per heavy atom. The van der Waals surface area contributed by atoms with Crippen molar-refractivity contribution in [2.45, 2.75) is 6.42 Å². The van der Waals surface area contributed by atoms with Crippen LogP contribution in [0.5, 0.6) is 0 Å². The van der Waals surface area contributed by atoms with Crippen molar-refractivity contribution >= 4 is 27.5 Å². The molecule has 0 saturated carbocycles. The van der Waals surface area contributed by atoms with E-state index in [9.17, 15) is 4.79 Å². The van der Waals surface area contributed by atoms with Crippen molar-refractivity contribution in [3.63, 3.8) is 0 Å². The number of benzene rings is 1. The second-order valence-corrected chi connectivity index (χ2v) is 5.03. The van der Waals surface area contributed by atoms with Crippen molar-refractivity contribution in [2.75, 3.05) is 31.1 Å². The fraction of sp³-hybridized carbons (Fsp3) is 0.417. The Balaban J connectivity index is 2.32. The van der Waals surface area contributed by atoms with Crippen molar-refractivity contribution in [2.24, 2.45) is 5.73 Å². The van der Waals surface area contributed by atoms with Crippen LogP contribution in [0.25, 0.3) is 0 Å². The largest absolute Gasteiger partial charge is 0.370 e. The summed E-state index contributed by atoms with van der Waals surface area (Å²) in [7, 11) is 0. The SMILES string of the molecule is NC(=O)c1cc(Br)ccc1N1CCCNCC1.